The second-order valence-corrected chi connectivity index (χ2v) is 9.40. The van der Waals surface area contributed by atoms with Crippen LogP contribution in [0, 0.1) is 5.41 Å². The lowest BCUT2D eigenvalue weighted by Gasteiger charge is -2.15. The molecule has 1 aromatic rings. The Morgan fingerprint density at radius 1 is 1.24 bits per heavy atom. The summed E-state index contributed by atoms with van der Waals surface area (Å²) in [5.41, 5.74) is 5.78. The van der Waals surface area contributed by atoms with Gasteiger partial charge in [0.1, 0.15) is 4.90 Å². The topological polar surface area (TPSA) is 106 Å². The van der Waals surface area contributed by atoms with Crippen LogP contribution in [0.4, 0.5) is 5.69 Å². The predicted molar refractivity (Wildman–Crippen MR) is 81.1 cm³/mol. The number of rotatable bonds is 6. The maximum atomic E-state index is 12.3. The second kappa shape index (κ2) is 5.26. The van der Waals surface area contributed by atoms with Gasteiger partial charge in [0.25, 0.3) is 0 Å². The van der Waals surface area contributed by atoms with Crippen molar-refractivity contribution in [3.05, 3.63) is 18.2 Å². The SMILES string of the molecule is CCC1(CNS(=O)(=O)c2cc(S(C)(=O)=O)ccc2N)CC1. The summed E-state index contributed by atoms with van der Waals surface area (Å²) in [4.78, 5) is -0.244. The van der Waals surface area contributed by atoms with E-state index in [2.05, 4.69) is 4.72 Å². The minimum absolute atomic E-state index is 0.0382. The van der Waals surface area contributed by atoms with Gasteiger partial charge in [-0.2, -0.15) is 0 Å². The van der Waals surface area contributed by atoms with Crippen molar-refractivity contribution >= 4 is 25.5 Å². The number of nitrogen functional groups attached to an aromatic ring is 1. The van der Waals surface area contributed by atoms with Crippen molar-refractivity contribution < 1.29 is 16.8 Å². The molecule has 0 aliphatic heterocycles. The number of nitrogens with one attached hydrogen (secondary N) is 1. The molecule has 1 saturated carbocycles. The van der Waals surface area contributed by atoms with Gasteiger partial charge in [-0.05, 0) is 42.9 Å². The number of anilines is 1. The zero-order valence-electron chi connectivity index (χ0n) is 12.1. The Bertz CT molecular complexity index is 750. The van der Waals surface area contributed by atoms with E-state index in [9.17, 15) is 16.8 Å². The standard InChI is InChI=1S/C13H20N2O4S2/c1-3-13(6-7-13)9-15-21(18,19)12-8-10(20(2,16)17)4-5-11(12)14/h4-5,8,15H,3,6-7,9,14H2,1-2H3. The highest BCUT2D eigenvalue weighted by atomic mass is 32.2. The van der Waals surface area contributed by atoms with Crippen LogP contribution in [-0.4, -0.2) is 29.6 Å². The quantitative estimate of drug-likeness (QED) is 0.760. The Kier molecular flexibility index (Phi) is 4.07. The fourth-order valence-corrected chi connectivity index (χ4v) is 4.17. The van der Waals surface area contributed by atoms with E-state index in [1.165, 1.54) is 12.1 Å². The van der Waals surface area contributed by atoms with Crippen LogP contribution in [0.15, 0.2) is 28.0 Å². The molecule has 0 saturated heterocycles. The summed E-state index contributed by atoms with van der Waals surface area (Å²) >= 11 is 0. The van der Waals surface area contributed by atoms with Gasteiger partial charge in [0.05, 0.1) is 10.6 Å². The monoisotopic (exact) mass is 332 g/mol. The van der Waals surface area contributed by atoms with Gasteiger partial charge in [-0.25, -0.2) is 21.6 Å². The Morgan fingerprint density at radius 2 is 1.86 bits per heavy atom. The lowest BCUT2D eigenvalue weighted by Crippen LogP contribution is -2.30. The summed E-state index contributed by atoms with van der Waals surface area (Å²) in [6.45, 7) is 2.38. The predicted octanol–water partition coefficient (Wildman–Crippen LogP) is 1.14. The number of sulfonamides is 1. The summed E-state index contributed by atoms with van der Waals surface area (Å²) in [7, 11) is -7.30. The van der Waals surface area contributed by atoms with Gasteiger partial charge in [-0.15, -0.1) is 0 Å². The average Bonchev–Trinajstić information content (AvgIpc) is 3.16. The van der Waals surface area contributed by atoms with Gasteiger partial charge >= 0.3 is 0 Å². The Hall–Kier alpha value is -1.12. The van der Waals surface area contributed by atoms with Crippen LogP contribution in [0.25, 0.3) is 0 Å². The maximum absolute atomic E-state index is 12.3. The molecule has 2 rings (SSSR count). The molecule has 1 aliphatic carbocycles. The normalized spacial score (nSPS) is 17.6. The molecule has 0 unspecified atom stereocenters. The third-order valence-electron chi connectivity index (χ3n) is 4.05. The van der Waals surface area contributed by atoms with Crippen molar-refractivity contribution in [2.75, 3.05) is 18.5 Å². The third kappa shape index (κ3) is 3.56. The summed E-state index contributed by atoms with van der Waals surface area (Å²) < 4.78 is 50.3. The molecule has 0 heterocycles. The zero-order chi connectivity index (χ0) is 15.9. The molecule has 0 bridgehead atoms. The molecule has 3 N–H and O–H groups in total. The van der Waals surface area contributed by atoms with Crippen LogP contribution in [0.2, 0.25) is 0 Å². The average molecular weight is 332 g/mol. The van der Waals surface area contributed by atoms with Crippen LogP contribution < -0.4 is 10.5 Å². The van der Waals surface area contributed by atoms with Crippen LogP contribution in [0.3, 0.4) is 0 Å². The van der Waals surface area contributed by atoms with E-state index in [0.717, 1.165) is 31.6 Å². The molecule has 6 nitrogen and oxygen atoms in total. The highest BCUT2D eigenvalue weighted by Gasteiger charge is 2.41. The number of sulfone groups is 1. The first-order chi connectivity index (χ1) is 9.60. The molecule has 0 amide bonds. The highest BCUT2D eigenvalue weighted by Crippen LogP contribution is 2.48. The molecule has 0 spiro atoms. The largest absolute Gasteiger partial charge is 0.398 e. The van der Waals surface area contributed by atoms with Crippen LogP contribution in [0.1, 0.15) is 26.2 Å². The third-order valence-corrected chi connectivity index (χ3v) is 6.61. The second-order valence-electron chi connectivity index (χ2n) is 5.65. The summed E-state index contributed by atoms with van der Waals surface area (Å²) in [6.07, 6.45) is 3.95. The van der Waals surface area contributed by atoms with E-state index in [1.54, 1.807) is 0 Å². The van der Waals surface area contributed by atoms with Gasteiger partial charge in [0, 0.05) is 12.8 Å². The van der Waals surface area contributed by atoms with E-state index in [1.807, 2.05) is 6.92 Å². The summed E-state index contributed by atoms with van der Waals surface area (Å²) in [5, 5.41) is 0. The molecule has 0 atom stereocenters. The number of benzene rings is 1. The highest BCUT2D eigenvalue weighted by molar-refractivity contribution is 7.91. The molecule has 118 valence electrons. The molecule has 0 radical (unpaired) electrons. The Morgan fingerprint density at radius 3 is 2.33 bits per heavy atom. The fourth-order valence-electron chi connectivity index (χ4n) is 2.14. The zero-order valence-corrected chi connectivity index (χ0v) is 13.7. The number of hydrogen-bond acceptors (Lipinski definition) is 5. The molecule has 0 aromatic heterocycles. The lowest BCUT2D eigenvalue weighted by atomic mass is 10.1. The van der Waals surface area contributed by atoms with Crippen molar-refractivity contribution in [3.8, 4) is 0 Å². The fraction of sp³-hybridized carbons (Fsp3) is 0.538. The maximum Gasteiger partial charge on any atom is 0.242 e. The van der Waals surface area contributed by atoms with E-state index in [0.29, 0.717) is 6.54 Å². The minimum atomic E-state index is -3.82. The minimum Gasteiger partial charge on any atom is -0.398 e. The number of hydrogen-bond donors (Lipinski definition) is 2. The lowest BCUT2D eigenvalue weighted by molar-refractivity contribution is 0.475. The Balaban J connectivity index is 2.31. The first kappa shape index (κ1) is 16.3. The molecular weight excluding hydrogens is 312 g/mol. The van der Waals surface area contributed by atoms with Gasteiger partial charge < -0.3 is 5.73 Å². The van der Waals surface area contributed by atoms with Crippen molar-refractivity contribution in [1.29, 1.82) is 0 Å². The van der Waals surface area contributed by atoms with Crippen LogP contribution in [-0.2, 0) is 19.9 Å². The van der Waals surface area contributed by atoms with Gasteiger partial charge in [-0.3, -0.25) is 0 Å². The first-order valence-electron chi connectivity index (χ1n) is 6.69. The molecule has 1 aliphatic rings. The van der Waals surface area contributed by atoms with Crippen molar-refractivity contribution in [2.45, 2.75) is 36.0 Å². The molecule has 21 heavy (non-hydrogen) atoms. The number of nitrogens with two attached hydrogens (primary N) is 1. The van der Waals surface area contributed by atoms with Crippen molar-refractivity contribution in [3.63, 3.8) is 0 Å². The first-order valence-corrected chi connectivity index (χ1v) is 10.1. The molecule has 1 fully saturated rings. The smallest absolute Gasteiger partial charge is 0.242 e. The van der Waals surface area contributed by atoms with E-state index >= 15 is 0 Å². The van der Waals surface area contributed by atoms with Crippen LogP contribution >= 0.6 is 0 Å². The molecule has 8 heteroatoms. The van der Waals surface area contributed by atoms with Crippen molar-refractivity contribution in [2.24, 2.45) is 5.41 Å². The Labute approximate surface area is 125 Å². The van der Waals surface area contributed by atoms with Gasteiger partial charge in [0.2, 0.25) is 10.0 Å². The summed E-state index contributed by atoms with van der Waals surface area (Å²) in [6, 6.07) is 3.72. The summed E-state index contributed by atoms with van der Waals surface area (Å²) in [5.74, 6) is 0. The van der Waals surface area contributed by atoms with Crippen LogP contribution in [0.5, 0.6) is 0 Å². The van der Waals surface area contributed by atoms with E-state index < -0.39 is 19.9 Å². The van der Waals surface area contributed by atoms with Gasteiger partial charge in [0.15, 0.2) is 9.84 Å². The molecule has 1 aromatic carbocycles. The van der Waals surface area contributed by atoms with E-state index in [-0.39, 0.29) is 20.9 Å². The molecular formula is C13H20N2O4S2. The van der Waals surface area contributed by atoms with Gasteiger partial charge in [-0.1, -0.05) is 6.92 Å². The van der Waals surface area contributed by atoms with E-state index in [4.69, 9.17) is 5.73 Å². The van der Waals surface area contributed by atoms with Crippen molar-refractivity contribution in [1.82, 2.24) is 4.72 Å².